The number of anilines is 2. The number of rotatable bonds is 19. The van der Waals surface area contributed by atoms with Gasteiger partial charge in [0.15, 0.2) is 0 Å². The summed E-state index contributed by atoms with van der Waals surface area (Å²) in [5.41, 5.74) is 0.854. The number of aromatic nitrogens is 4. The molecule has 0 spiro atoms. The Labute approximate surface area is 248 Å². The number of amides is 4. The molecule has 2 unspecified atom stereocenters. The lowest BCUT2D eigenvalue weighted by Crippen LogP contribution is -2.31. The lowest BCUT2D eigenvalue weighted by molar-refractivity contribution is 0.250. The van der Waals surface area contributed by atoms with Crippen molar-refractivity contribution in [1.82, 2.24) is 30.6 Å². The summed E-state index contributed by atoms with van der Waals surface area (Å²) in [7, 11) is 0. The lowest BCUT2D eigenvalue weighted by atomic mass is 9.96. The zero-order chi connectivity index (χ0) is 30.7. The average Bonchev–Trinajstić information content (AvgIpc) is 2.94. The molecule has 0 aromatic carbocycles. The Morgan fingerprint density at radius 1 is 0.667 bits per heavy atom. The SMILES string of the molecule is CCCCC(CC)c1cc(=O)[nH]c(NC(=O)NCCCCCCNC(=O)Nc2nc(C(CC)CCCC)cc(=O)[nH]2)n1. The van der Waals surface area contributed by atoms with Crippen LogP contribution < -0.4 is 32.4 Å². The predicted octanol–water partition coefficient (Wildman–Crippen LogP) is 5.72. The van der Waals surface area contributed by atoms with Crippen LogP contribution in [0.15, 0.2) is 21.7 Å². The molecule has 0 aliphatic rings. The van der Waals surface area contributed by atoms with Gasteiger partial charge < -0.3 is 10.6 Å². The molecule has 0 radical (unpaired) electrons. The van der Waals surface area contributed by atoms with Crippen molar-refractivity contribution in [1.29, 1.82) is 0 Å². The molecule has 2 aromatic heterocycles. The second kappa shape index (κ2) is 19.4. The van der Waals surface area contributed by atoms with Crippen LogP contribution in [0.1, 0.15) is 128 Å². The maximum absolute atomic E-state index is 12.3. The van der Waals surface area contributed by atoms with E-state index in [1.807, 2.05) is 0 Å². The van der Waals surface area contributed by atoms with Crippen LogP contribution in [0.4, 0.5) is 21.5 Å². The van der Waals surface area contributed by atoms with Gasteiger partial charge in [-0.15, -0.1) is 0 Å². The standard InChI is InChI=1S/C30H50N8O4/c1-5-9-15-21(7-3)23-19-25(39)35-27(33-23)37-29(41)31-17-13-11-12-14-18-32-30(42)38-28-34-24(20-26(40)36-28)22(8-4)16-10-6-2/h19-22H,5-18H2,1-4H3,(H3,31,33,35,37,39,41)(H3,32,34,36,38,40,42). The largest absolute Gasteiger partial charge is 0.338 e. The molecule has 234 valence electrons. The number of hydrogen-bond donors (Lipinski definition) is 6. The number of nitrogens with zero attached hydrogens (tertiary/aromatic N) is 2. The summed E-state index contributed by atoms with van der Waals surface area (Å²) in [4.78, 5) is 62.8. The van der Waals surface area contributed by atoms with Crippen molar-refractivity contribution in [3.05, 3.63) is 44.2 Å². The van der Waals surface area contributed by atoms with Crippen LogP contribution >= 0.6 is 0 Å². The number of aromatic amines is 2. The number of urea groups is 2. The van der Waals surface area contributed by atoms with Gasteiger partial charge in [-0.05, 0) is 38.5 Å². The van der Waals surface area contributed by atoms with Gasteiger partial charge in [-0.2, -0.15) is 0 Å². The van der Waals surface area contributed by atoms with Crippen molar-refractivity contribution in [3.8, 4) is 0 Å². The van der Waals surface area contributed by atoms with Crippen LogP contribution in [0.3, 0.4) is 0 Å². The van der Waals surface area contributed by atoms with Crippen molar-refractivity contribution in [3.63, 3.8) is 0 Å². The Balaban J connectivity index is 1.66. The van der Waals surface area contributed by atoms with Gasteiger partial charge in [0.25, 0.3) is 11.1 Å². The van der Waals surface area contributed by atoms with E-state index in [9.17, 15) is 19.2 Å². The Hall–Kier alpha value is -3.70. The second-order valence-electron chi connectivity index (χ2n) is 10.7. The van der Waals surface area contributed by atoms with Crippen molar-refractivity contribution in [2.75, 3.05) is 23.7 Å². The third-order valence-corrected chi connectivity index (χ3v) is 7.30. The van der Waals surface area contributed by atoms with Gasteiger partial charge in [0.1, 0.15) is 0 Å². The van der Waals surface area contributed by atoms with Crippen molar-refractivity contribution >= 4 is 24.0 Å². The Morgan fingerprint density at radius 2 is 1.07 bits per heavy atom. The van der Waals surface area contributed by atoms with E-state index in [0.717, 1.165) is 77.0 Å². The fourth-order valence-electron chi connectivity index (χ4n) is 4.82. The summed E-state index contributed by atoms with van der Waals surface area (Å²) in [6, 6.07) is 2.19. The normalized spacial score (nSPS) is 12.4. The second-order valence-corrected chi connectivity index (χ2v) is 10.7. The van der Waals surface area contributed by atoms with Crippen molar-refractivity contribution < 1.29 is 9.59 Å². The third-order valence-electron chi connectivity index (χ3n) is 7.30. The van der Waals surface area contributed by atoms with Gasteiger partial charge in [-0.3, -0.25) is 30.2 Å². The summed E-state index contributed by atoms with van der Waals surface area (Å²) in [6.45, 7) is 9.36. The molecular weight excluding hydrogens is 536 g/mol. The van der Waals surface area contributed by atoms with Gasteiger partial charge in [0, 0.05) is 37.1 Å². The number of carbonyl (C=O) groups is 2. The molecule has 2 rings (SSSR count). The minimum absolute atomic E-state index is 0.155. The monoisotopic (exact) mass is 586 g/mol. The summed E-state index contributed by atoms with van der Waals surface area (Å²) < 4.78 is 0. The van der Waals surface area contributed by atoms with Crippen LogP contribution in [-0.2, 0) is 0 Å². The molecule has 0 aliphatic carbocycles. The topological polar surface area (TPSA) is 174 Å². The fourth-order valence-corrected chi connectivity index (χ4v) is 4.82. The minimum atomic E-state index is -0.415. The number of unbranched alkanes of at least 4 members (excludes halogenated alkanes) is 5. The van der Waals surface area contributed by atoms with Gasteiger partial charge in [-0.25, -0.2) is 19.6 Å². The predicted molar refractivity (Wildman–Crippen MR) is 167 cm³/mol. The first-order valence-electron chi connectivity index (χ1n) is 15.6. The number of H-pyrrole nitrogens is 2. The van der Waals surface area contributed by atoms with Gasteiger partial charge in [-0.1, -0.05) is 66.2 Å². The molecule has 42 heavy (non-hydrogen) atoms. The summed E-state index contributed by atoms with van der Waals surface area (Å²) in [6.07, 6.45) is 11.2. The molecule has 4 amide bonds. The highest BCUT2D eigenvalue weighted by molar-refractivity contribution is 5.87. The smallest absolute Gasteiger partial charge is 0.321 e. The number of nitrogens with one attached hydrogen (secondary N) is 6. The van der Waals surface area contributed by atoms with Crippen LogP contribution in [-0.4, -0.2) is 45.1 Å². The number of hydrogen-bond acceptors (Lipinski definition) is 6. The van der Waals surface area contributed by atoms with E-state index in [2.05, 4.69) is 68.9 Å². The van der Waals surface area contributed by atoms with Gasteiger partial charge >= 0.3 is 12.1 Å². The zero-order valence-corrected chi connectivity index (χ0v) is 25.7. The molecule has 12 nitrogen and oxygen atoms in total. The Kier molecular flexibility index (Phi) is 16.0. The van der Waals surface area contributed by atoms with Crippen LogP contribution in [0.25, 0.3) is 0 Å². The van der Waals surface area contributed by atoms with E-state index in [0.29, 0.717) is 24.5 Å². The highest BCUT2D eigenvalue weighted by Crippen LogP contribution is 2.24. The molecule has 0 saturated carbocycles. The van der Waals surface area contributed by atoms with Gasteiger partial charge in [0.2, 0.25) is 11.9 Å². The summed E-state index contributed by atoms with van der Waals surface area (Å²) in [5, 5.41) is 10.8. The zero-order valence-electron chi connectivity index (χ0n) is 25.7. The molecular formula is C30H50N8O4. The van der Waals surface area contributed by atoms with E-state index in [-0.39, 0.29) is 34.9 Å². The number of carbonyl (C=O) groups excluding carboxylic acids is 2. The summed E-state index contributed by atoms with van der Waals surface area (Å²) >= 11 is 0. The van der Waals surface area contributed by atoms with Crippen molar-refractivity contribution in [2.45, 2.75) is 117 Å². The first kappa shape index (κ1) is 34.5. The Bertz CT molecular complexity index is 1120. The molecule has 2 atom stereocenters. The minimum Gasteiger partial charge on any atom is -0.338 e. The quantitative estimate of drug-likeness (QED) is 0.115. The fraction of sp³-hybridized carbons (Fsp3) is 0.667. The van der Waals surface area contributed by atoms with E-state index in [1.54, 1.807) is 0 Å². The van der Waals surface area contributed by atoms with Crippen LogP contribution in [0.2, 0.25) is 0 Å². The molecule has 12 heteroatoms. The Morgan fingerprint density at radius 3 is 1.43 bits per heavy atom. The maximum atomic E-state index is 12.3. The van der Waals surface area contributed by atoms with Crippen molar-refractivity contribution in [2.24, 2.45) is 0 Å². The molecule has 0 bridgehead atoms. The highest BCUT2D eigenvalue weighted by Gasteiger charge is 2.15. The molecule has 6 N–H and O–H groups in total. The van der Waals surface area contributed by atoms with Gasteiger partial charge in [0.05, 0.1) is 11.4 Å². The highest BCUT2D eigenvalue weighted by atomic mass is 16.2. The molecule has 2 aromatic rings. The summed E-state index contributed by atoms with van der Waals surface area (Å²) in [5.74, 6) is 0.693. The van der Waals surface area contributed by atoms with E-state index < -0.39 is 12.1 Å². The average molecular weight is 587 g/mol. The molecule has 2 heterocycles. The maximum Gasteiger partial charge on any atom is 0.321 e. The first-order chi connectivity index (χ1) is 20.3. The van der Waals surface area contributed by atoms with E-state index in [1.165, 1.54) is 12.1 Å². The van der Waals surface area contributed by atoms with E-state index >= 15 is 0 Å². The molecule has 0 aliphatic heterocycles. The van der Waals surface area contributed by atoms with E-state index in [4.69, 9.17) is 0 Å². The molecule has 0 saturated heterocycles. The third kappa shape index (κ3) is 12.9. The first-order valence-corrected chi connectivity index (χ1v) is 15.6. The lowest BCUT2D eigenvalue weighted by Gasteiger charge is -2.15. The van der Waals surface area contributed by atoms with Crippen LogP contribution in [0.5, 0.6) is 0 Å². The molecule has 0 fully saturated rings. The van der Waals surface area contributed by atoms with Crippen LogP contribution in [0, 0.1) is 0 Å².